The third-order valence-corrected chi connectivity index (χ3v) is 3.07. The molecule has 2 aliphatic rings. The van der Waals surface area contributed by atoms with Crippen molar-refractivity contribution in [3.05, 3.63) is 0 Å². The van der Waals surface area contributed by atoms with Crippen molar-refractivity contribution in [3.8, 4) is 0 Å². The van der Waals surface area contributed by atoms with E-state index in [1.165, 1.54) is 5.01 Å². The van der Waals surface area contributed by atoms with E-state index < -0.39 is 17.8 Å². The van der Waals surface area contributed by atoms with Gasteiger partial charge in [0.1, 0.15) is 5.71 Å². The van der Waals surface area contributed by atoms with Gasteiger partial charge in [-0.1, -0.05) is 6.42 Å². The van der Waals surface area contributed by atoms with Crippen molar-refractivity contribution < 1.29 is 18.3 Å². The van der Waals surface area contributed by atoms with Crippen molar-refractivity contribution in [1.82, 2.24) is 5.01 Å². The van der Waals surface area contributed by atoms with Crippen molar-refractivity contribution in [2.75, 3.05) is 13.2 Å². The van der Waals surface area contributed by atoms with Crippen molar-refractivity contribution in [3.63, 3.8) is 0 Å². The Morgan fingerprint density at radius 1 is 1.40 bits per heavy atom. The molecule has 3 nitrogen and oxygen atoms in total. The van der Waals surface area contributed by atoms with Crippen molar-refractivity contribution in [2.24, 2.45) is 11.0 Å². The van der Waals surface area contributed by atoms with Crippen LogP contribution in [0.5, 0.6) is 0 Å². The summed E-state index contributed by atoms with van der Waals surface area (Å²) in [6.07, 6.45) is -2.21. The highest BCUT2D eigenvalue weighted by Gasteiger charge is 2.51. The van der Waals surface area contributed by atoms with Gasteiger partial charge in [-0.25, -0.2) is 0 Å². The fourth-order valence-electron chi connectivity index (χ4n) is 2.49. The minimum atomic E-state index is -4.32. The Bertz CT molecular complexity index is 277. The zero-order valence-electron chi connectivity index (χ0n) is 8.17. The van der Waals surface area contributed by atoms with Crippen LogP contribution in [0.15, 0.2) is 5.10 Å². The van der Waals surface area contributed by atoms with Crippen LogP contribution in [0, 0.1) is 5.92 Å². The molecule has 0 radical (unpaired) electrons. The molecule has 2 unspecified atom stereocenters. The first-order valence-corrected chi connectivity index (χ1v) is 5.07. The van der Waals surface area contributed by atoms with Crippen LogP contribution in [0.2, 0.25) is 0 Å². The van der Waals surface area contributed by atoms with Gasteiger partial charge < -0.3 is 5.11 Å². The van der Waals surface area contributed by atoms with Crippen LogP contribution in [0.1, 0.15) is 19.3 Å². The maximum Gasteiger partial charge on any atom is 0.431 e. The Kier molecular flexibility index (Phi) is 2.62. The van der Waals surface area contributed by atoms with Crippen LogP contribution in [-0.2, 0) is 0 Å². The van der Waals surface area contributed by atoms with E-state index in [1.807, 2.05) is 0 Å². The Labute approximate surface area is 85.6 Å². The van der Waals surface area contributed by atoms with E-state index in [1.54, 1.807) is 0 Å². The maximum atomic E-state index is 12.6. The number of halogens is 3. The lowest BCUT2D eigenvalue weighted by atomic mass is 9.98. The average molecular weight is 222 g/mol. The summed E-state index contributed by atoms with van der Waals surface area (Å²) in [6, 6.07) is -0.145. The fraction of sp³-hybridized carbons (Fsp3) is 0.889. The molecule has 0 bridgehead atoms. The summed E-state index contributed by atoms with van der Waals surface area (Å²) in [4.78, 5) is 0. The summed E-state index contributed by atoms with van der Waals surface area (Å²) in [5.74, 6) is -0.475. The van der Waals surface area contributed by atoms with Gasteiger partial charge in [-0.3, -0.25) is 5.01 Å². The molecule has 0 spiro atoms. The third-order valence-electron chi connectivity index (χ3n) is 3.07. The molecule has 6 heteroatoms. The molecule has 86 valence electrons. The van der Waals surface area contributed by atoms with Gasteiger partial charge >= 0.3 is 6.18 Å². The number of nitrogens with zero attached hydrogens (tertiary/aromatic N) is 2. The van der Waals surface area contributed by atoms with E-state index in [9.17, 15) is 13.2 Å². The summed E-state index contributed by atoms with van der Waals surface area (Å²) >= 11 is 0. The summed E-state index contributed by atoms with van der Waals surface area (Å²) in [7, 11) is 0. The van der Waals surface area contributed by atoms with Crippen LogP contribution in [0.25, 0.3) is 0 Å². The number of fused-ring (bicyclic) bond motifs is 1. The number of aliphatic hydroxyl groups is 1. The van der Waals surface area contributed by atoms with Gasteiger partial charge in [-0.05, 0) is 12.8 Å². The van der Waals surface area contributed by atoms with Crippen LogP contribution < -0.4 is 0 Å². The van der Waals surface area contributed by atoms with E-state index in [0.29, 0.717) is 6.42 Å². The third kappa shape index (κ3) is 1.82. The van der Waals surface area contributed by atoms with Crippen molar-refractivity contribution in [1.29, 1.82) is 0 Å². The number of alkyl halides is 3. The smallest absolute Gasteiger partial charge is 0.394 e. The second kappa shape index (κ2) is 3.66. The fourth-order valence-corrected chi connectivity index (χ4v) is 2.49. The number of hydrogen-bond acceptors (Lipinski definition) is 3. The summed E-state index contributed by atoms with van der Waals surface area (Å²) < 4.78 is 37.8. The van der Waals surface area contributed by atoms with Crippen molar-refractivity contribution >= 4 is 5.71 Å². The molecule has 0 aromatic rings. The number of rotatable bonds is 2. The molecule has 2 rings (SSSR count). The van der Waals surface area contributed by atoms with Gasteiger partial charge in [0.2, 0.25) is 0 Å². The van der Waals surface area contributed by atoms with Gasteiger partial charge in [0.05, 0.1) is 19.2 Å². The lowest BCUT2D eigenvalue weighted by Gasteiger charge is -2.21. The quantitative estimate of drug-likeness (QED) is 0.766. The average Bonchev–Trinajstić information content (AvgIpc) is 2.66. The highest BCUT2D eigenvalue weighted by molar-refractivity contribution is 5.93. The van der Waals surface area contributed by atoms with Crippen LogP contribution in [0.4, 0.5) is 13.2 Å². The molecule has 2 atom stereocenters. The SMILES string of the molecule is OCCN1N=C(C(F)(F)F)C2CCCC21. The molecule has 0 aromatic heterocycles. The molecule has 1 saturated carbocycles. The predicted octanol–water partition coefficient (Wildman–Crippen LogP) is 1.38. The number of hydrazone groups is 1. The lowest BCUT2D eigenvalue weighted by molar-refractivity contribution is -0.0622. The standard InChI is InChI=1S/C9H13F3N2O/c10-9(11,12)8-6-2-1-3-7(6)14(13-8)4-5-15/h6-7,15H,1-5H2. The van der Waals surface area contributed by atoms with E-state index in [4.69, 9.17) is 5.11 Å². The summed E-state index contributed by atoms with van der Waals surface area (Å²) in [5, 5.41) is 13.7. The Hall–Kier alpha value is -0.780. The molecular formula is C9H13F3N2O. The number of hydrogen-bond donors (Lipinski definition) is 1. The highest BCUT2D eigenvalue weighted by atomic mass is 19.4. The second-order valence-corrected chi connectivity index (χ2v) is 3.97. The minimum absolute atomic E-state index is 0.145. The van der Waals surface area contributed by atoms with Crippen LogP contribution in [-0.4, -0.2) is 41.2 Å². The van der Waals surface area contributed by atoms with Gasteiger partial charge in [0.25, 0.3) is 0 Å². The molecule has 1 fully saturated rings. The molecule has 0 aromatic carbocycles. The van der Waals surface area contributed by atoms with E-state index in [0.717, 1.165) is 12.8 Å². The highest BCUT2D eigenvalue weighted by Crippen LogP contribution is 2.40. The lowest BCUT2D eigenvalue weighted by Crippen LogP contribution is -2.33. The number of aliphatic hydroxyl groups excluding tert-OH is 1. The minimum Gasteiger partial charge on any atom is -0.394 e. The predicted molar refractivity (Wildman–Crippen MR) is 48.4 cm³/mol. The van der Waals surface area contributed by atoms with Crippen molar-refractivity contribution in [2.45, 2.75) is 31.5 Å². The molecule has 1 N–H and O–H groups in total. The van der Waals surface area contributed by atoms with E-state index in [2.05, 4.69) is 5.10 Å². The normalized spacial score (nSPS) is 30.7. The largest absolute Gasteiger partial charge is 0.431 e. The summed E-state index contributed by atoms with van der Waals surface area (Å²) in [5.41, 5.74) is -0.654. The first kappa shape index (κ1) is 10.7. The Balaban J connectivity index is 2.19. The first-order valence-electron chi connectivity index (χ1n) is 5.07. The molecule has 15 heavy (non-hydrogen) atoms. The van der Waals surface area contributed by atoms with Gasteiger partial charge in [0, 0.05) is 5.92 Å². The molecule has 1 aliphatic heterocycles. The molecule has 0 saturated heterocycles. The maximum absolute atomic E-state index is 12.6. The van der Waals surface area contributed by atoms with Gasteiger partial charge in [0.15, 0.2) is 0 Å². The molecule has 1 aliphatic carbocycles. The number of β-amino-alcohol motifs (C(OH)–C–C–N with tert-alkyl or cyclic N) is 1. The zero-order chi connectivity index (χ0) is 11.1. The van der Waals surface area contributed by atoms with E-state index in [-0.39, 0.29) is 19.2 Å². The van der Waals surface area contributed by atoms with Gasteiger partial charge in [-0.15, -0.1) is 0 Å². The molecule has 0 amide bonds. The Morgan fingerprint density at radius 3 is 2.73 bits per heavy atom. The second-order valence-electron chi connectivity index (χ2n) is 3.97. The summed E-state index contributed by atoms with van der Waals surface area (Å²) in [6.45, 7) is 0.0403. The zero-order valence-corrected chi connectivity index (χ0v) is 8.17. The molecular weight excluding hydrogens is 209 g/mol. The van der Waals surface area contributed by atoms with E-state index >= 15 is 0 Å². The topological polar surface area (TPSA) is 35.8 Å². The monoisotopic (exact) mass is 222 g/mol. The first-order chi connectivity index (χ1) is 7.04. The van der Waals surface area contributed by atoms with Crippen LogP contribution >= 0.6 is 0 Å². The van der Waals surface area contributed by atoms with Gasteiger partial charge in [-0.2, -0.15) is 18.3 Å². The Morgan fingerprint density at radius 2 is 2.13 bits per heavy atom. The molecule has 1 heterocycles. The van der Waals surface area contributed by atoms with Crippen LogP contribution in [0.3, 0.4) is 0 Å².